The molecule has 0 radical (unpaired) electrons. The van der Waals surface area contributed by atoms with Crippen LogP contribution >= 0.6 is 0 Å². The lowest BCUT2D eigenvalue weighted by Gasteiger charge is -2.32. The third-order valence-electron chi connectivity index (χ3n) is 13.8. The molecular formula is C62H48N2. The van der Waals surface area contributed by atoms with Gasteiger partial charge in [-0.1, -0.05) is 201 Å². The molecule has 0 saturated heterocycles. The van der Waals surface area contributed by atoms with Crippen molar-refractivity contribution in [1.82, 2.24) is 4.57 Å². The van der Waals surface area contributed by atoms with E-state index in [1.54, 1.807) is 0 Å². The predicted molar refractivity (Wildman–Crippen MR) is 273 cm³/mol. The number of hydrogen-bond donors (Lipinski definition) is 0. The van der Waals surface area contributed by atoms with Crippen molar-refractivity contribution in [2.24, 2.45) is 0 Å². The van der Waals surface area contributed by atoms with E-state index in [1.165, 1.54) is 103 Å². The molecule has 1 aliphatic rings. The molecule has 2 heteroatoms. The summed E-state index contributed by atoms with van der Waals surface area (Å²) in [6, 6.07) is 83.2. The number of para-hydroxylation sites is 5. The quantitative estimate of drug-likeness (QED) is 0.148. The Morgan fingerprint density at radius 3 is 1.66 bits per heavy atom. The Morgan fingerprint density at radius 2 is 0.891 bits per heavy atom. The van der Waals surface area contributed by atoms with Crippen LogP contribution in [0.15, 0.2) is 224 Å². The molecule has 12 rings (SSSR count). The van der Waals surface area contributed by atoms with Crippen molar-refractivity contribution < 1.29 is 0 Å². The lowest BCUT2D eigenvalue weighted by molar-refractivity contribution is 0.445. The first-order valence-electron chi connectivity index (χ1n) is 23.0. The van der Waals surface area contributed by atoms with Crippen LogP contribution in [0, 0.1) is 0 Å². The molecule has 0 amide bonds. The number of nitrogens with zero attached hydrogens (tertiary/aromatic N) is 2. The lowest BCUT2D eigenvalue weighted by Crippen LogP contribution is -2.14. The molecule has 1 fully saturated rings. The average molecular weight is 821 g/mol. The van der Waals surface area contributed by atoms with Gasteiger partial charge in [0.05, 0.1) is 28.1 Å². The summed E-state index contributed by atoms with van der Waals surface area (Å²) in [6.45, 7) is 0. The molecule has 1 heterocycles. The molecule has 11 aromatic rings. The summed E-state index contributed by atoms with van der Waals surface area (Å²) in [5, 5.41) is 7.66. The van der Waals surface area contributed by atoms with E-state index in [0.717, 1.165) is 33.9 Å². The molecule has 0 spiro atoms. The highest BCUT2D eigenvalue weighted by molar-refractivity contribution is 6.11. The van der Waals surface area contributed by atoms with E-state index in [0.29, 0.717) is 5.92 Å². The number of hydrogen-bond acceptors (Lipinski definition) is 1. The van der Waals surface area contributed by atoms with Crippen LogP contribution in [-0.2, 0) is 0 Å². The Morgan fingerprint density at radius 1 is 0.359 bits per heavy atom. The third-order valence-corrected chi connectivity index (χ3v) is 13.8. The molecule has 1 saturated carbocycles. The second-order valence-electron chi connectivity index (χ2n) is 17.4. The Labute approximate surface area is 375 Å². The first-order valence-corrected chi connectivity index (χ1v) is 23.0. The molecule has 1 aliphatic carbocycles. The third kappa shape index (κ3) is 6.48. The van der Waals surface area contributed by atoms with Crippen molar-refractivity contribution in [3.63, 3.8) is 0 Å². The standard InChI is InChI=1S/C62H48N2/c1-3-20-44(21-4-1)50-33-18-24-45-25-19-35-56(62(45)50)54-32-12-16-39-60(54)64(59-38-15-10-30-52(59)51-34-17-23-43-22-7-8-28-48(43)51)57-36-13-9-29-49(57)46-40-41-55-53-31-11-14-37-58(53)63(61(55)42-46)47-26-5-2-6-27-47/h2,5-19,22-42,44H,1,3-4,20-21H2. The van der Waals surface area contributed by atoms with Crippen LogP contribution in [0.1, 0.15) is 43.6 Å². The van der Waals surface area contributed by atoms with Gasteiger partial charge in [-0.15, -0.1) is 0 Å². The zero-order valence-corrected chi connectivity index (χ0v) is 35.9. The minimum atomic E-state index is 0.566. The van der Waals surface area contributed by atoms with Gasteiger partial charge in [-0.2, -0.15) is 0 Å². The van der Waals surface area contributed by atoms with Gasteiger partial charge in [0.25, 0.3) is 0 Å². The summed E-state index contributed by atoms with van der Waals surface area (Å²) in [6.07, 6.45) is 6.43. The smallest absolute Gasteiger partial charge is 0.0547 e. The normalized spacial score (nSPS) is 13.2. The van der Waals surface area contributed by atoms with E-state index in [-0.39, 0.29) is 0 Å². The van der Waals surface area contributed by atoms with Gasteiger partial charge in [-0.3, -0.25) is 0 Å². The minimum absolute atomic E-state index is 0.566. The topological polar surface area (TPSA) is 8.17 Å². The monoisotopic (exact) mass is 820 g/mol. The SMILES string of the molecule is c1ccc(-n2c3ccccc3c3ccc(-c4ccccc4N(c4ccccc4-c4cccc5ccccc45)c4ccccc4-c4cccc5cccc(C6CCCCC6)c45)cc32)cc1. The molecule has 1 aromatic heterocycles. The number of benzene rings is 10. The number of rotatable bonds is 8. The summed E-state index contributed by atoms with van der Waals surface area (Å²) in [5.41, 5.74) is 15.7. The Bertz CT molecular complexity index is 3490. The van der Waals surface area contributed by atoms with Crippen molar-refractivity contribution in [3.05, 3.63) is 230 Å². The Kier molecular flexibility index (Phi) is 9.64. The molecule has 0 N–H and O–H groups in total. The maximum Gasteiger partial charge on any atom is 0.0547 e. The van der Waals surface area contributed by atoms with E-state index in [2.05, 4.69) is 234 Å². The van der Waals surface area contributed by atoms with E-state index in [9.17, 15) is 0 Å². The van der Waals surface area contributed by atoms with Crippen molar-refractivity contribution in [2.45, 2.75) is 38.0 Å². The molecular weight excluding hydrogens is 773 g/mol. The molecule has 0 aliphatic heterocycles. The van der Waals surface area contributed by atoms with E-state index in [4.69, 9.17) is 0 Å². The van der Waals surface area contributed by atoms with Gasteiger partial charge in [-0.25, -0.2) is 0 Å². The van der Waals surface area contributed by atoms with Gasteiger partial charge in [0.15, 0.2) is 0 Å². The fourth-order valence-corrected chi connectivity index (χ4v) is 10.9. The highest BCUT2D eigenvalue weighted by Gasteiger charge is 2.26. The van der Waals surface area contributed by atoms with Crippen LogP contribution in [0.25, 0.3) is 82.4 Å². The van der Waals surface area contributed by atoms with Crippen LogP contribution < -0.4 is 4.90 Å². The number of aromatic nitrogens is 1. The zero-order valence-electron chi connectivity index (χ0n) is 35.9. The highest BCUT2D eigenvalue weighted by Crippen LogP contribution is 2.50. The Balaban J connectivity index is 1.13. The number of fused-ring (bicyclic) bond motifs is 5. The number of anilines is 3. The van der Waals surface area contributed by atoms with Crippen LogP contribution in [0.5, 0.6) is 0 Å². The summed E-state index contributed by atoms with van der Waals surface area (Å²) in [5.74, 6) is 0.566. The lowest BCUT2D eigenvalue weighted by atomic mass is 9.80. The van der Waals surface area contributed by atoms with Gasteiger partial charge >= 0.3 is 0 Å². The van der Waals surface area contributed by atoms with Crippen LogP contribution in [0.4, 0.5) is 17.1 Å². The van der Waals surface area contributed by atoms with Crippen molar-refractivity contribution in [1.29, 1.82) is 0 Å². The molecule has 306 valence electrons. The van der Waals surface area contributed by atoms with Crippen molar-refractivity contribution >= 4 is 60.4 Å². The molecule has 10 aromatic carbocycles. The van der Waals surface area contributed by atoms with Crippen LogP contribution in [0.3, 0.4) is 0 Å². The summed E-state index contributed by atoms with van der Waals surface area (Å²) in [4.78, 5) is 2.56. The second kappa shape index (κ2) is 16.2. The van der Waals surface area contributed by atoms with Gasteiger partial charge in [0.1, 0.15) is 0 Å². The summed E-state index contributed by atoms with van der Waals surface area (Å²) >= 11 is 0. The van der Waals surface area contributed by atoms with Gasteiger partial charge in [0.2, 0.25) is 0 Å². The van der Waals surface area contributed by atoms with Gasteiger partial charge in [0, 0.05) is 33.2 Å². The maximum absolute atomic E-state index is 2.56. The zero-order chi connectivity index (χ0) is 42.4. The van der Waals surface area contributed by atoms with Crippen LogP contribution in [-0.4, -0.2) is 4.57 Å². The first kappa shape index (κ1) is 38.0. The fourth-order valence-electron chi connectivity index (χ4n) is 10.9. The predicted octanol–water partition coefficient (Wildman–Crippen LogP) is 17.6. The Hall–Kier alpha value is -7.68. The van der Waals surface area contributed by atoms with Crippen LogP contribution in [0.2, 0.25) is 0 Å². The maximum atomic E-state index is 2.56. The second-order valence-corrected chi connectivity index (χ2v) is 17.4. The first-order chi connectivity index (χ1) is 31.8. The summed E-state index contributed by atoms with van der Waals surface area (Å²) in [7, 11) is 0. The largest absolute Gasteiger partial charge is 0.309 e. The van der Waals surface area contributed by atoms with E-state index >= 15 is 0 Å². The van der Waals surface area contributed by atoms with E-state index in [1.807, 2.05) is 0 Å². The van der Waals surface area contributed by atoms with Gasteiger partial charge < -0.3 is 9.47 Å². The van der Waals surface area contributed by atoms with Crippen molar-refractivity contribution in [2.75, 3.05) is 4.90 Å². The molecule has 64 heavy (non-hydrogen) atoms. The fraction of sp³-hybridized carbons (Fsp3) is 0.0968. The van der Waals surface area contributed by atoms with E-state index < -0.39 is 0 Å². The summed E-state index contributed by atoms with van der Waals surface area (Å²) < 4.78 is 2.42. The minimum Gasteiger partial charge on any atom is -0.309 e. The molecule has 0 unspecified atom stereocenters. The average Bonchev–Trinajstić information content (AvgIpc) is 3.70. The molecule has 0 atom stereocenters. The van der Waals surface area contributed by atoms with Gasteiger partial charge in [-0.05, 0) is 105 Å². The molecule has 2 nitrogen and oxygen atoms in total. The highest BCUT2D eigenvalue weighted by atomic mass is 15.1. The van der Waals surface area contributed by atoms with Crippen molar-refractivity contribution in [3.8, 4) is 39.1 Å². The molecule has 0 bridgehead atoms.